The molecule has 0 heterocycles. The van der Waals surface area contributed by atoms with Crippen molar-refractivity contribution in [2.24, 2.45) is 0 Å². The van der Waals surface area contributed by atoms with E-state index in [1.165, 1.54) is 5.56 Å². The predicted molar refractivity (Wildman–Crippen MR) is 70.5 cm³/mol. The molecule has 0 saturated heterocycles. The first-order chi connectivity index (χ1) is 8.83. The Morgan fingerprint density at radius 1 is 1.26 bits per heavy atom. The van der Waals surface area contributed by atoms with Crippen molar-refractivity contribution < 1.29 is 13.2 Å². The number of hydrogen-bond donors (Lipinski definition) is 1. The summed E-state index contributed by atoms with van der Waals surface area (Å²) in [4.78, 5) is 0. The molecule has 1 aliphatic carbocycles. The van der Waals surface area contributed by atoms with Crippen molar-refractivity contribution in [3.63, 3.8) is 0 Å². The molecule has 1 unspecified atom stereocenters. The molecular formula is C14H17ClF3N. The maximum absolute atomic E-state index is 12.2. The third-order valence-corrected chi connectivity index (χ3v) is 3.79. The summed E-state index contributed by atoms with van der Waals surface area (Å²) in [6, 6.07) is 7.35. The Bertz CT molecular complexity index is 410. The van der Waals surface area contributed by atoms with Crippen LogP contribution in [-0.4, -0.2) is 18.3 Å². The molecule has 0 bridgehead atoms. The van der Waals surface area contributed by atoms with E-state index in [1.54, 1.807) is 6.92 Å². The van der Waals surface area contributed by atoms with E-state index in [9.17, 15) is 13.2 Å². The molecule has 0 aromatic heterocycles. The van der Waals surface area contributed by atoms with Crippen LogP contribution in [0, 0.1) is 0 Å². The fraction of sp³-hybridized carbons (Fsp3) is 0.571. The number of rotatable bonds is 4. The molecule has 0 amide bonds. The molecule has 1 aromatic carbocycles. The van der Waals surface area contributed by atoms with Crippen molar-refractivity contribution in [3.8, 4) is 0 Å². The minimum absolute atomic E-state index is 0.193. The van der Waals surface area contributed by atoms with Crippen LogP contribution in [0.3, 0.4) is 0 Å². The lowest BCUT2D eigenvalue weighted by Gasteiger charge is -2.38. The zero-order valence-electron chi connectivity index (χ0n) is 10.7. The van der Waals surface area contributed by atoms with Crippen LogP contribution in [0.1, 0.15) is 37.7 Å². The first-order valence-corrected chi connectivity index (χ1v) is 6.79. The van der Waals surface area contributed by atoms with Gasteiger partial charge in [0.2, 0.25) is 0 Å². The topological polar surface area (TPSA) is 12.0 Å². The molecule has 106 valence electrons. The zero-order valence-corrected chi connectivity index (χ0v) is 11.4. The van der Waals surface area contributed by atoms with E-state index < -0.39 is 18.6 Å². The summed E-state index contributed by atoms with van der Waals surface area (Å²) >= 11 is 5.82. The lowest BCUT2D eigenvalue weighted by atomic mass is 9.75. The molecule has 1 nitrogen and oxygen atoms in total. The van der Waals surface area contributed by atoms with E-state index in [4.69, 9.17) is 11.6 Å². The van der Waals surface area contributed by atoms with Gasteiger partial charge in [0.1, 0.15) is 0 Å². The highest BCUT2D eigenvalue weighted by Crippen LogP contribution is 2.37. The van der Waals surface area contributed by atoms with E-state index >= 15 is 0 Å². The Hall–Kier alpha value is -0.740. The average molecular weight is 292 g/mol. The number of hydrogen-bond acceptors (Lipinski definition) is 1. The van der Waals surface area contributed by atoms with Crippen LogP contribution in [0.5, 0.6) is 0 Å². The van der Waals surface area contributed by atoms with Crippen LogP contribution >= 0.6 is 11.6 Å². The smallest absolute Gasteiger partial charge is 0.311 e. The lowest BCUT2D eigenvalue weighted by Crippen LogP contribution is -2.45. The molecule has 1 aliphatic rings. The molecular weight excluding hydrogens is 275 g/mol. The van der Waals surface area contributed by atoms with Crippen molar-refractivity contribution >= 4 is 11.6 Å². The first kappa shape index (κ1) is 14.7. The second-order valence-corrected chi connectivity index (χ2v) is 5.74. The van der Waals surface area contributed by atoms with Crippen LogP contribution in [0.25, 0.3) is 0 Å². The predicted octanol–water partition coefficient (Wildman–Crippen LogP) is 4.52. The van der Waals surface area contributed by atoms with E-state index in [1.807, 2.05) is 24.3 Å². The van der Waals surface area contributed by atoms with E-state index in [0.29, 0.717) is 10.9 Å². The quantitative estimate of drug-likeness (QED) is 0.860. The largest absolute Gasteiger partial charge is 0.390 e. The number of nitrogens with one attached hydrogen (secondary N) is 1. The molecule has 0 spiro atoms. The van der Waals surface area contributed by atoms with Gasteiger partial charge in [-0.25, -0.2) is 0 Å². The lowest BCUT2D eigenvalue weighted by molar-refractivity contribution is -0.139. The molecule has 1 atom stereocenters. The highest BCUT2D eigenvalue weighted by Gasteiger charge is 2.34. The maximum Gasteiger partial charge on any atom is 0.390 e. The molecule has 5 heteroatoms. The highest BCUT2D eigenvalue weighted by molar-refractivity contribution is 6.30. The van der Waals surface area contributed by atoms with Crippen molar-refractivity contribution in [2.45, 2.75) is 50.4 Å². The van der Waals surface area contributed by atoms with E-state index in [2.05, 4.69) is 5.32 Å². The molecule has 1 saturated carbocycles. The van der Waals surface area contributed by atoms with Gasteiger partial charge in [0, 0.05) is 17.1 Å². The minimum Gasteiger partial charge on any atom is -0.311 e. The minimum atomic E-state index is -4.09. The molecule has 2 rings (SSSR count). The fourth-order valence-electron chi connectivity index (χ4n) is 2.57. The number of benzene rings is 1. The Morgan fingerprint density at radius 2 is 1.84 bits per heavy atom. The average Bonchev–Trinajstić information content (AvgIpc) is 2.22. The van der Waals surface area contributed by atoms with Crippen LogP contribution in [-0.2, 0) is 0 Å². The summed E-state index contributed by atoms with van der Waals surface area (Å²) in [7, 11) is 0. The van der Waals surface area contributed by atoms with Crippen molar-refractivity contribution in [2.75, 3.05) is 0 Å². The Balaban J connectivity index is 1.76. The molecule has 0 radical (unpaired) electrons. The third-order valence-electron chi connectivity index (χ3n) is 3.54. The van der Waals surface area contributed by atoms with Crippen LogP contribution < -0.4 is 5.32 Å². The van der Waals surface area contributed by atoms with Gasteiger partial charge in [0.25, 0.3) is 0 Å². The highest BCUT2D eigenvalue weighted by atomic mass is 35.5. The van der Waals surface area contributed by atoms with Gasteiger partial charge in [0.05, 0.1) is 6.42 Å². The third kappa shape index (κ3) is 4.39. The summed E-state index contributed by atoms with van der Waals surface area (Å²) in [5.41, 5.74) is 1.21. The van der Waals surface area contributed by atoms with E-state index in [0.717, 1.165) is 12.8 Å². The monoisotopic (exact) mass is 291 g/mol. The summed E-state index contributed by atoms with van der Waals surface area (Å²) < 4.78 is 36.6. The Morgan fingerprint density at radius 3 is 2.37 bits per heavy atom. The standard InChI is InChI=1S/C14H17ClF3N/c1-9(8-14(16,17)18)19-13-6-11(7-13)10-2-4-12(15)5-3-10/h2-5,9,11,13,19H,6-8H2,1H3. The zero-order chi connectivity index (χ0) is 14.0. The summed E-state index contributed by atoms with van der Waals surface area (Å²) in [6.45, 7) is 1.59. The van der Waals surface area contributed by atoms with Gasteiger partial charge < -0.3 is 5.32 Å². The van der Waals surface area contributed by atoms with Gasteiger partial charge in [-0.2, -0.15) is 13.2 Å². The van der Waals surface area contributed by atoms with Crippen molar-refractivity contribution in [3.05, 3.63) is 34.9 Å². The van der Waals surface area contributed by atoms with Crippen molar-refractivity contribution in [1.82, 2.24) is 5.32 Å². The van der Waals surface area contributed by atoms with E-state index in [-0.39, 0.29) is 6.04 Å². The van der Waals surface area contributed by atoms with Gasteiger partial charge in [-0.3, -0.25) is 0 Å². The Kier molecular flexibility index (Phi) is 4.41. The van der Waals surface area contributed by atoms with Gasteiger partial charge in [0.15, 0.2) is 0 Å². The van der Waals surface area contributed by atoms with Crippen molar-refractivity contribution in [1.29, 1.82) is 0 Å². The summed E-state index contributed by atoms with van der Waals surface area (Å²) in [5.74, 6) is 0.438. The van der Waals surface area contributed by atoms with Gasteiger partial charge in [-0.1, -0.05) is 23.7 Å². The van der Waals surface area contributed by atoms with Gasteiger partial charge >= 0.3 is 6.18 Å². The van der Waals surface area contributed by atoms with Crippen LogP contribution in [0.4, 0.5) is 13.2 Å². The fourth-order valence-corrected chi connectivity index (χ4v) is 2.70. The van der Waals surface area contributed by atoms with Gasteiger partial charge in [-0.05, 0) is 43.4 Å². The second-order valence-electron chi connectivity index (χ2n) is 5.30. The number of halogens is 4. The van der Waals surface area contributed by atoms with Crippen LogP contribution in [0.2, 0.25) is 5.02 Å². The summed E-state index contributed by atoms with van der Waals surface area (Å²) in [6.07, 6.45) is -3.07. The first-order valence-electron chi connectivity index (χ1n) is 6.42. The maximum atomic E-state index is 12.2. The molecule has 1 aromatic rings. The Labute approximate surface area is 116 Å². The van der Waals surface area contributed by atoms with Crippen LogP contribution in [0.15, 0.2) is 24.3 Å². The SMILES string of the molecule is CC(CC(F)(F)F)NC1CC(c2ccc(Cl)cc2)C1. The second kappa shape index (κ2) is 5.71. The molecule has 1 fully saturated rings. The normalized spacial score (nSPS) is 24.9. The molecule has 1 N–H and O–H groups in total. The number of alkyl halides is 3. The summed E-state index contributed by atoms with van der Waals surface area (Å²) in [5, 5.41) is 3.74. The molecule has 19 heavy (non-hydrogen) atoms. The molecule has 0 aliphatic heterocycles. The van der Waals surface area contributed by atoms with Gasteiger partial charge in [-0.15, -0.1) is 0 Å².